The number of anilines is 1. The third-order valence-corrected chi connectivity index (χ3v) is 12.4. The van der Waals surface area contributed by atoms with Crippen molar-refractivity contribution in [1.29, 1.82) is 0 Å². The molecule has 2 saturated carbocycles. The lowest BCUT2D eigenvalue weighted by Gasteiger charge is -2.47. The van der Waals surface area contributed by atoms with Gasteiger partial charge < -0.3 is 19.6 Å². The second-order valence-corrected chi connectivity index (χ2v) is 15.0. The normalized spacial score (nSPS) is 27.7. The SMILES string of the molecule is CC.CC.CC.CC.CN1C2CCCC1CC2.CN1CCC2(CCC2)CC1.CN1CCCC2CCCCC21.CN1CCCc2ccccc21. The van der Waals surface area contributed by atoms with Gasteiger partial charge in [-0.25, -0.2) is 0 Å². The Morgan fingerprint density at radius 1 is 0.531 bits per heavy atom. The van der Waals surface area contributed by atoms with Crippen molar-refractivity contribution in [3.8, 4) is 0 Å². The Labute approximate surface area is 309 Å². The maximum absolute atomic E-state index is 2.59. The van der Waals surface area contributed by atoms with E-state index < -0.39 is 0 Å². The second-order valence-electron chi connectivity index (χ2n) is 15.0. The van der Waals surface area contributed by atoms with Crippen molar-refractivity contribution in [3.05, 3.63) is 29.8 Å². The van der Waals surface area contributed by atoms with Gasteiger partial charge in [0.15, 0.2) is 0 Å². The highest BCUT2D eigenvalue weighted by atomic mass is 15.2. The van der Waals surface area contributed by atoms with Crippen LogP contribution in [0.25, 0.3) is 0 Å². The lowest BCUT2D eigenvalue weighted by molar-refractivity contribution is 0.0434. The van der Waals surface area contributed by atoms with E-state index in [1.54, 1.807) is 0 Å². The van der Waals surface area contributed by atoms with E-state index in [1.807, 2.05) is 55.4 Å². The van der Waals surface area contributed by atoms with E-state index in [0.29, 0.717) is 0 Å². The van der Waals surface area contributed by atoms with Gasteiger partial charge in [-0.1, -0.05) is 99.3 Å². The molecule has 0 N–H and O–H groups in total. The molecule has 2 aliphatic carbocycles. The van der Waals surface area contributed by atoms with Gasteiger partial charge >= 0.3 is 0 Å². The summed E-state index contributed by atoms with van der Waals surface area (Å²) < 4.78 is 0. The molecule has 0 amide bonds. The highest BCUT2D eigenvalue weighted by Crippen LogP contribution is 2.48. The molecule has 4 saturated heterocycles. The average Bonchev–Trinajstić information content (AvgIpc) is 3.33. The molecule has 4 heteroatoms. The van der Waals surface area contributed by atoms with E-state index in [2.05, 4.69) is 72.1 Å². The molecule has 1 aromatic rings. The molecule has 1 spiro atoms. The maximum Gasteiger partial charge on any atom is 0.0396 e. The summed E-state index contributed by atoms with van der Waals surface area (Å²) in [6.07, 6.45) is 26.3. The Morgan fingerprint density at radius 3 is 1.63 bits per heavy atom. The average molecular weight is 685 g/mol. The molecule has 4 unspecified atom stereocenters. The first-order valence-electron chi connectivity index (χ1n) is 21.8. The van der Waals surface area contributed by atoms with Gasteiger partial charge in [0, 0.05) is 37.4 Å². The van der Waals surface area contributed by atoms with E-state index in [0.717, 1.165) is 29.5 Å². The minimum absolute atomic E-state index is 0.840. The number of piperidine rings is 3. The zero-order valence-electron chi connectivity index (χ0n) is 35.5. The molecule has 0 radical (unpaired) electrons. The van der Waals surface area contributed by atoms with Crippen molar-refractivity contribution in [2.45, 2.75) is 189 Å². The van der Waals surface area contributed by atoms with Crippen LogP contribution in [-0.4, -0.2) is 87.2 Å². The van der Waals surface area contributed by atoms with Crippen LogP contribution in [0.4, 0.5) is 5.69 Å². The van der Waals surface area contributed by atoms with Crippen LogP contribution < -0.4 is 4.90 Å². The monoisotopic (exact) mass is 685 g/mol. The summed E-state index contributed by atoms with van der Waals surface area (Å²) in [7, 11) is 9.01. The molecule has 1 aromatic carbocycles. The topological polar surface area (TPSA) is 13.0 Å². The molecule has 288 valence electrons. The summed E-state index contributed by atoms with van der Waals surface area (Å²) in [5.41, 5.74) is 3.76. The van der Waals surface area contributed by atoms with Crippen LogP contribution in [0.1, 0.15) is 170 Å². The molecule has 5 heterocycles. The van der Waals surface area contributed by atoms with Gasteiger partial charge in [-0.2, -0.15) is 0 Å². The van der Waals surface area contributed by atoms with Crippen molar-refractivity contribution in [2.75, 3.05) is 59.3 Å². The van der Waals surface area contributed by atoms with Gasteiger partial charge in [-0.3, -0.25) is 0 Å². The van der Waals surface area contributed by atoms with Crippen LogP contribution in [0.3, 0.4) is 0 Å². The minimum Gasteiger partial charge on any atom is -0.374 e. The van der Waals surface area contributed by atoms with Crippen LogP contribution in [0.5, 0.6) is 0 Å². The fourth-order valence-corrected chi connectivity index (χ4v) is 9.24. The minimum atomic E-state index is 0.840. The summed E-state index contributed by atoms with van der Waals surface area (Å²) >= 11 is 0. The zero-order chi connectivity index (χ0) is 36.7. The van der Waals surface area contributed by atoms with Crippen LogP contribution in [0.2, 0.25) is 0 Å². The fourth-order valence-electron chi connectivity index (χ4n) is 9.24. The molecule has 49 heavy (non-hydrogen) atoms. The molecule has 8 rings (SSSR count). The van der Waals surface area contributed by atoms with Crippen molar-refractivity contribution in [3.63, 3.8) is 0 Å². The third kappa shape index (κ3) is 14.8. The van der Waals surface area contributed by atoms with Gasteiger partial charge in [0.25, 0.3) is 0 Å². The highest BCUT2D eigenvalue weighted by Gasteiger charge is 2.38. The van der Waals surface area contributed by atoms with E-state index in [4.69, 9.17) is 0 Å². The Morgan fingerprint density at radius 2 is 1.10 bits per heavy atom. The Balaban J connectivity index is 0.000000306. The molecule has 5 aliphatic heterocycles. The van der Waals surface area contributed by atoms with Gasteiger partial charge in [0.2, 0.25) is 0 Å². The lowest BCUT2D eigenvalue weighted by atomic mass is 9.63. The van der Waals surface area contributed by atoms with Crippen LogP contribution in [0.15, 0.2) is 24.3 Å². The van der Waals surface area contributed by atoms with E-state index in [1.165, 1.54) is 153 Å². The number of para-hydroxylation sites is 1. The third-order valence-electron chi connectivity index (χ3n) is 12.4. The maximum atomic E-state index is 2.59. The first-order valence-corrected chi connectivity index (χ1v) is 21.8. The molecular weight excluding hydrogens is 597 g/mol. The molecule has 0 aromatic heterocycles. The molecule has 4 nitrogen and oxygen atoms in total. The standard InChI is InChI=1S/C10H19N.C10H13N.C9H17N.C8H15N.4C2H6/c2*1-11-8-4-6-9-5-2-3-7-10(9)11;1-10-7-5-9(6-8-10)3-2-4-9;1-9-7-3-2-4-8(9)6-5-7;4*1-2/h9-10H,2-8H2,1H3;2-3,5,7H,4,6,8H2,1H3;2-8H2,1H3;7-8H,2-6H2,1H3;4*1-2H3. The van der Waals surface area contributed by atoms with Crippen LogP contribution in [-0.2, 0) is 6.42 Å². The highest BCUT2D eigenvalue weighted by molar-refractivity contribution is 5.54. The molecule has 4 atom stereocenters. The van der Waals surface area contributed by atoms with Crippen molar-refractivity contribution in [1.82, 2.24) is 14.7 Å². The number of aryl methyl sites for hydroxylation is 1. The quantitative estimate of drug-likeness (QED) is 0.270. The molecule has 7 aliphatic rings. The predicted molar refractivity (Wildman–Crippen MR) is 222 cm³/mol. The smallest absolute Gasteiger partial charge is 0.0396 e. The number of nitrogens with zero attached hydrogens (tertiary/aromatic N) is 4. The Bertz CT molecular complexity index is 885. The second kappa shape index (κ2) is 26.6. The van der Waals surface area contributed by atoms with Gasteiger partial charge in [-0.05, 0) is 154 Å². The summed E-state index contributed by atoms with van der Waals surface area (Å²) in [6.45, 7) is 21.2. The number of rotatable bonds is 0. The van der Waals surface area contributed by atoms with Crippen LogP contribution >= 0.6 is 0 Å². The Hall–Kier alpha value is -1.10. The largest absolute Gasteiger partial charge is 0.374 e. The summed E-state index contributed by atoms with van der Waals surface area (Å²) in [5, 5.41) is 0. The number of fused-ring (bicyclic) bond motifs is 4. The molecule has 6 fully saturated rings. The lowest BCUT2D eigenvalue weighted by Crippen LogP contribution is -2.44. The number of hydrogen-bond donors (Lipinski definition) is 0. The van der Waals surface area contributed by atoms with Gasteiger partial charge in [-0.15, -0.1) is 0 Å². The van der Waals surface area contributed by atoms with Crippen molar-refractivity contribution >= 4 is 5.69 Å². The number of benzene rings is 1. The summed E-state index contributed by atoms with van der Waals surface area (Å²) in [4.78, 5) is 9.97. The van der Waals surface area contributed by atoms with E-state index >= 15 is 0 Å². The fraction of sp³-hybridized carbons (Fsp3) is 0.867. The molecular formula is C45H88N4. The number of hydrogen-bond acceptors (Lipinski definition) is 4. The first-order chi connectivity index (χ1) is 23.9. The van der Waals surface area contributed by atoms with Gasteiger partial charge in [0.05, 0.1) is 0 Å². The zero-order valence-corrected chi connectivity index (χ0v) is 35.5. The molecule has 2 bridgehead atoms. The van der Waals surface area contributed by atoms with Crippen molar-refractivity contribution in [2.24, 2.45) is 11.3 Å². The summed E-state index contributed by atoms with van der Waals surface area (Å²) in [6, 6.07) is 11.5. The van der Waals surface area contributed by atoms with E-state index in [-0.39, 0.29) is 0 Å². The Kier molecular flexibility index (Phi) is 25.0. The van der Waals surface area contributed by atoms with Crippen LogP contribution in [0, 0.1) is 11.3 Å². The first kappa shape index (κ1) is 45.9. The predicted octanol–water partition coefficient (Wildman–Crippen LogP) is 12.0. The van der Waals surface area contributed by atoms with Crippen molar-refractivity contribution < 1.29 is 0 Å². The summed E-state index contributed by atoms with van der Waals surface area (Å²) in [5.74, 6) is 1.06. The van der Waals surface area contributed by atoms with E-state index in [9.17, 15) is 0 Å². The van der Waals surface area contributed by atoms with Gasteiger partial charge in [0.1, 0.15) is 0 Å². The number of likely N-dealkylation sites (tertiary alicyclic amines) is 2.